The van der Waals surface area contributed by atoms with Crippen LogP contribution in [0, 0.1) is 6.92 Å². The zero-order valence-corrected chi connectivity index (χ0v) is 16.3. The summed E-state index contributed by atoms with van der Waals surface area (Å²) >= 11 is 3.35. The summed E-state index contributed by atoms with van der Waals surface area (Å²) in [7, 11) is 1.34. The van der Waals surface area contributed by atoms with Crippen LogP contribution in [0.2, 0.25) is 0 Å². The molecule has 9 heteroatoms. The Labute approximate surface area is 158 Å². The Morgan fingerprint density at radius 1 is 1.35 bits per heavy atom. The summed E-state index contributed by atoms with van der Waals surface area (Å²) in [6.45, 7) is 1.80. The number of esters is 1. The third-order valence-electron chi connectivity index (χ3n) is 4.73. The summed E-state index contributed by atoms with van der Waals surface area (Å²) in [5.74, 6) is -0.232. The van der Waals surface area contributed by atoms with Crippen molar-refractivity contribution in [3.63, 3.8) is 0 Å². The van der Waals surface area contributed by atoms with Crippen molar-refractivity contribution >= 4 is 38.9 Å². The molecule has 2 aromatic heterocycles. The number of carbonyl (C=O) groups excluding carboxylic acids is 1. The Morgan fingerprint density at radius 2 is 2.04 bits per heavy atom. The van der Waals surface area contributed by atoms with E-state index in [1.807, 2.05) is 6.92 Å². The molecule has 2 aromatic rings. The van der Waals surface area contributed by atoms with Gasteiger partial charge in [0.1, 0.15) is 12.3 Å². The molecule has 0 unspecified atom stereocenters. The number of nitrogens with two attached hydrogens (primary N) is 1. The summed E-state index contributed by atoms with van der Waals surface area (Å²) in [5.41, 5.74) is 6.96. The summed E-state index contributed by atoms with van der Waals surface area (Å²) in [6, 6.07) is 1.74. The van der Waals surface area contributed by atoms with E-state index in [1.54, 1.807) is 10.6 Å². The van der Waals surface area contributed by atoms with Crippen LogP contribution in [0.5, 0.6) is 0 Å². The minimum atomic E-state index is -0.385. The van der Waals surface area contributed by atoms with Crippen LogP contribution in [0.4, 0.5) is 5.95 Å². The van der Waals surface area contributed by atoms with E-state index in [0.717, 1.165) is 36.8 Å². The molecule has 0 aromatic carbocycles. The molecule has 140 valence electrons. The molecular weight excluding hydrogens is 404 g/mol. The van der Waals surface area contributed by atoms with Crippen molar-refractivity contribution in [3.05, 3.63) is 26.6 Å². The molecule has 0 aliphatic heterocycles. The molecule has 2 N–H and O–H groups in total. The second kappa shape index (κ2) is 7.71. The first-order chi connectivity index (χ1) is 12.4. The van der Waals surface area contributed by atoms with E-state index in [2.05, 4.69) is 30.6 Å². The molecule has 1 aliphatic carbocycles. The van der Waals surface area contributed by atoms with Crippen molar-refractivity contribution < 1.29 is 14.3 Å². The second-order valence-corrected chi connectivity index (χ2v) is 7.24. The van der Waals surface area contributed by atoms with Crippen molar-refractivity contribution in [1.29, 1.82) is 0 Å². The van der Waals surface area contributed by atoms with E-state index in [1.165, 1.54) is 7.11 Å². The van der Waals surface area contributed by atoms with Gasteiger partial charge in [0.15, 0.2) is 0 Å². The maximum atomic E-state index is 12.8. The highest BCUT2D eigenvalue weighted by atomic mass is 79.9. The Kier molecular flexibility index (Phi) is 5.57. The van der Waals surface area contributed by atoms with E-state index in [-0.39, 0.29) is 36.2 Å². The Bertz CT molecular complexity index is 890. The van der Waals surface area contributed by atoms with Gasteiger partial charge in [-0.2, -0.15) is 4.98 Å². The third kappa shape index (κ3) is 3.73. The van der Waals surface area contributed by atoms with Crippen LogP contribution in [0.15, 0.2) is 15.3 Å². The molecule has 3 rings (SSSR count). The molecule has 26 heavy (non-hydrogen) atoms. The van der Waals surface area contributed by atoms with E-state index in [9.17, 15) is 9.59 Å². The number of ether oxygens (including phenoxy) is 2. The molecule has 0 radical (unpaired) electrons. The van der Waals surface area contributed by atoms with Crippen LogP contribution in [0.3, 0.4) is 0 Å². The molecule has 0 spiro atoms. The summed E-state index contributed by atoms with van der Waals surface area (Å²) in [6.07, 6.45) is 2.99. The van der Waals surface area contributed by atoms with Crippen molar-refractivity contribution in [1.82, 2.24) is 14.5 Å². The normalized spacial score (nSPS) is 20.3. The molecule has 1 fully saturated rings. The Hall–Kier alpha value is -2.00. The van der Waals surface area contributed by atoms with Crippen LogP contribution in [-0.2, 0) is 14.3 Å². The average Bonchev–Trinajstić information content (AvgIpc) is 2.62. The maximum absolute atomic E-state index is 12.8. The smallest absolute Gasteiger partial charge is 0.331 e. The van der Waals surface area contributed by atoms with Gasteiger partial charge in [-0.05, 0) is 54.6 Å². The zero-order valence-electron chi connectivity index (χ0n) is 14.7. The highest BCUT2D eigenvalue weighted by Gasteiger charge is 2.26. The molecule has 1 saturated carbocycles. The number of halogens is 1. The monoisotopic (exact) mass is 424 g/mol. The number of aryl methyl sites for hydroxylation is 1. The SMILES string of the molecule is COC(=O)CO[C@H]1CC[C@H](n2c(=O)c(Br)cc3c(C)nc(N)nc32)CC1. The molecular formula is C17H21BrN4O4. The van der Waals surface area contributed by atoms with Gasteiger partial charge >= 0.3 is 5.97 Å². The largest absolute Gasteiger partial charge is 0.467 e. The quantitative estimate of drug-likeness (QED) is 0.748. The molecule has 8 nitrogen and oxygen atoms in total. The molecule has 0 bridgehead atoms. The molecule has 0 atom stereocenters. The van der Waals surface area contributed by atoms with Gasteiger partial charge in [-0.15, -0.1) is 0 Å². The van der Waals surface area contributed by atoms with Gasteiger partial charge < -0.3 is 15.2 Å². The number of hydrogen-bond acceptors (Lipinski definition) is 7. The lowest BCUT2D eigenvalue weighted by Gasteiger charge is -2.30. The van der Waals surface area contributed by atoms with Gasteiger partial charge in [0.05, 0.1) is 23.4 Å². The lowest BCUT2D eigenvalue weighted by atomic mass is 9.92. The number of aromatic nitrogens is 3. The van der Waals surface area contributed by atoms with Gasteiger partial charge in [-0.25, -0.2) is 9.78 Å². The number of fused-ring (bicyclic) bond motifs is 1. The minimum absolute atomic E-state index is 0.00539. The number of carbonyl (C=O) groups is 1. The number of hydrogen-bond donors (Lipinski definition) is 1. The lowest BCUT2D eigenvalue weighted by molar-refractivity contribution is -0.148. The minimum Gasteiger partial charge on any atom is -0.467 e. The van der Waals surface area contributed by atoms with E-state index in [4.69, 9.17) is 10.5 Å². The summed E-state index contributed by atoms with van der Waals surface area (Å²) < 4.78 is 12.4. The Morgan fingerprint density at radius 3 is 2.69 bits per heavy atom. The standard InChI is InChI=1S/C17H21BrN4O4/c1-9-12-7-13(18)16(24)22(15(12)21-17(19)20-9)10-3-5-11(6-4-10)26-8-14(23)25-2/h7,10-11H,3-6,8H2,1-2H3,(H2,19,20,21)/t10-,11-. The van der Waals surface area contributed by atoms with Gasteiger partial charge in [-0.1, -0.05) is 0 Å². The fourth-order valence-electron chi connectivity index (χ4n) is 3.39. The first kappa shape index (κ1) is 18.8. The van der Waals surface area contributed by atoms with Crippen molar-refractivity contribution in [3.8, 4) is 0 Å². The molecule has 0 saturated heterocycles. The number of nitrogens with zero attached hydrogens (tertiary/aromatic N) is 3. The van der Waals surface area contributed by atoms with Gasteiger partial charge in [0.2, 0.25) is 5.95 Å². The topological polar surface area (TPSA) is 109 Å². The highest BCUT2D eigenvalue weighted by molar-refractivity contribution is 9.10. The first-order valence-corrected chi connectivity index (χ1v) is 9.23. The van der Waals surface area contributed by atoms with Crippen LogP contribution in [-0.4, -0.2) is 40.3 Å². The van der Waals surface area contributed by atoms with Crippen LogP contribution >= 0.6 is 15.9 Å². The summed E-state index contributed by atoms with van der Waals surface area (Å²) in [4.78, 5) is 32.5. The van der Waals surface area contributed by atoms with Crippen molar-refractivity contribution in [2.45, 2.75) is 44.8 Å². The lowest BCUT2D eigenvalue weighted by Crippen LogP contribution is -2.32. The number of pyridine rings is 1. The third-order valence-corrected chi connectivity index (χ3v) is 5.30. The van der Waals surface area contributed by atoms with Crippen LogP contribution in [0.1, 0.15) is 37.4 Å². The molecule has 0 amide bonds. The molecule has 2 heterocycles. The zero-order chi connectivity index (χ0) is 18.8. The van der Waals surface area contributed by atoms with E-state index < -0.39 is 0 Å². The number of anilines is 1. The number of rotatable bonds is 4. The van der Waals surface area contributed by atoms with Crippen LogP contribution in [0.25, 0.3) is 11.0 Å². The average molecular weight is 425 g/mol. The van der Waals surface area contributed by atoms with Crippen molar-refractivity contribution in [2.75, 3.05) is 19.5 Å². The highest BCUT2D eigenvalue weighted by Crippen LogP contribution is 2.32. The van der Waals surface area contributed by atoms with Crippen LogP contribution < -0.4 is 11.3 Å². The Balaban J connectivity index is 1.86. The molecule has 1 aliphatic rings. The van der Waals surface area contributed by atoms with Gasteiger partial charge in [-0.3, -0.25) is 9.36 Å². The van der Waals surface area contributed by atoms with Gasteiger partial charge in [0.25, 0.3) is 5.56 Å². The summed E-state index contributed by atoms with van der Waals surface area (Å²) in [5, 5.41) is 0.801. The fourth-order valence-corrected chi connectivity index (χ4v) is 3.81. The van der Waals surface area contributed by atoms with E-state index in [0.29, 0.717) is 10.1 Å². The predicted molar refractivity (Wildman–Crippen MR) is 99.9 cm³/mol. The maximum Gasteiger partial charge on any atom is 0.331 e. The predicted octanol–water partition coefficient (Wildman–Crippen LogP) is 2.12. The first-order valence-electron chi connectivity index (χ1n) is 8.44. The van der Waals surface area contributed by atoms with E-state index >= 15 is 0 Å². The van der Waals surface area contributed by atoms with Gasteiger partial charge in [0, 0.05) is 11.4 Å². The van der Waals surface area contributed by atoms with Crippen molar-refractivity contribution in [2.24, 2.45) is 0 Å². The second-order valence-electron chi connectivity index (χ2n) is 6.39. The fraction of sp³-hybridized carbons (Fsp3) is 0.529. The number of nitrogen functional groups attached to an aromatic ring is 1. The number of methoxy groups -OCH3 is 1.